The standard InChI is InChI=1S/C33H60NO6P/c1-4-5-6-7-8-9-10-11-12-13-14-15-16-17-18-21-26-37-33-24-20-19-23-31(33)28-32(40-30(2)35)29-39-41(36)38-27-22-25-34-3/h19-20,23-24,32,34,36H,4-18,21-22,25-29H2,1-3H3/p+1. The molecule has 0 saturated heterocycles. The second-order valence-corrected chi connectivity index (χ2v) is 12.1. The smallest absolute Gasteiger partial charge is 0.329 e. The van der Waals surface area contributed by atoms with Crippen molar-refractivity contribution in [3.8, 4) is 5.75 Å². The minimum atomic E-state index is -2.00. The van der Waals surface area contributed by atoms with E-state index in [4.69, 9.17) is 18.5 Å². The Kier molecular flexibility index (Phi) is 25.4. The van der Waals surface area contributed by atoms with Crippen molar-refractivity contribution in [2.75, 3.05) is 33.4 Å². The van der Waals surface area contributed by atoms with Gasteiger partial charge in [0.25, 0.3) is 0 Å². The highest BCUT2D eigenvalue weighted by atomic mass is 31.2. The lowest BCUT2D eigenvalue weighted by molar-refractivity contribution is -0.627. The molecule has 0 fully saturated rings. The van der Waals surface area contributed by atoms with Crippen molar-refractivity contribution in [3.63, 3.8) is 0 Å². The Labute approximate surface area is 252 Å². The van der Waals surface area contributed by atoms with Gasteiger partial charge in [-0.1, -0.05) is 121 Å². The molecule has 1 aromatic rings. The summed E-state index contributed by atoms with van der Waals surface area (Å²) in [5.74, 6) is 0.427. The van der Waals surface area contributed by atoms with E-state index in [0.29, 0.717) is 19.6 Å². The molecular formula is C33H61NO6P+. The largest absolute Gasteiger partial charge is 0.493 e. The van der Waals surface area contributed by atoms with Gasteiger partial charge < -0.3 is 28.7 Å². The number of benzene rings is 1. The van der Waals surface area contributed by atoms with Crippen LogP contribution in [0.4, 0.5) is 0 Å². The second kappa shape index (κ2) is 27.6. The number of unbranched alkanes of at least 4 members (excludes halogenated alkanes) is 15. The van der Waals surface area contributed by atoms with Gasteiger partial charge in [0.05, 0.1) is 33.4 Å². The monoisotopic (exact) mass is 598 g/mol. The Morgan fingerprint density at radius 1 is 0.805 bits per heavy atom. The van der Waals surface area contributed by atoms with E-state index in [9.17, 15) is 9.69 Å². The van der Waals surface area contributed by atoms with Gasteiger partial charge in [0.1, 0.15) is 11.9 Å². The maximum Gasteiger partial charge on any atom is 0.329 e. The number of carbonyl (C=O) groups excluding carboxylic acids is 1. The first-order chi connectivity index (χ1) is 20.1. The normalized spacial score (nSPS) is 12.8. The van der Waals surface area contributed by atoms with Crippen LogP contribution < -0.4 is 10.1 Å². The molecule has 238 valence electrons. The fourth-order valence-electron chi connectivity index (χ4n) is 4.87. The van der Waals surface area contributed by atoms with Crippen molar-refractivity contribution in [2.24, 2.45) is 0 Å². The number of carbonyl (C=O) groups is 1. The molecule has 0 aliphatic carbocycles. The lowest BCUT2D eigenvalue weighted by Gasteiger charge is -2.20. The minimum absolute atomic E-state index is 0.0646. The third-order valence-corrected chi connectivity index (χ3v) is 7.99. The minimum Gasteiger partial charge on any atom is -0.493 e. The number of esters is 1. The number of para-hydroxylation sites is 1. The van der Waals surface area contributed by atoms with E-state index in [0.717, 1.165) is 30.7 Å². The zero-order chi connectivity index (χ0) is 29.8. The number of rotatable bonds is 29. The highest BCUT2D eigenvalue weighted by Gasteiger charge is 2.19. The lowest BCUT2D eigenvalue weighted by Crippen LogP contribution is -2.79. The third kappa shape index (κ3) is 23.0. The fraction of sp³-hybridized carbons (Fsp3) is 0.788. The fourth-order valence-corrected chi connectivity index (χ4v) is 5.53. The van der Waals surface area contributed by atoms with Gasteiger partial charge in [-0.05, 0) is 18.1 Å². The average molecular weight is 599 g/mol. The van der Waals surface area contributed by atoms with Gasteiger partial charge in [0, 0.05) is 19.8 Å². The van der Waals surface area contributed by atoms with Gasteiger partial charge in [-0.15, -0.1) is 0 Å². The Morgan fingerprint density at radius 2 is 1.37 bits per heavy atom. The first-order valence-corrected chi connectivity index (χ1v) is 17.6. The van der Waals surface area contributed by atoms with E-state index < -0.39 is 14.7 Å². The summed E-state index contributed by atoms with van der Waals surface area (Å²) in [5, 5.41) is 2.06. The number of nitrogens with two attached hydrogens (primary N) is 1. The zero-order valence-electron chi connectivity index (χ0n) is 26.5. The molecule has 0 radical (unpaired) electrons. The molecule has 0 aliphatic rings. The van der Waals surface area contributed by atoms with Gasteiger partial charge >= 0.3 is 14.6 Å². The van der Waals surface area contributed by atoms with Crippen LogP contribution in [0.5, 0.6) is 5.75 Å². The molecule has 0 bridgehead atoms. The van der Waals surface area contributed by atoms with Gasteiger partial charge in [0.15, 0.2) is 0 Å². The maximum absolute atomic E-state index is 11.7. The Morgan fingerprint density at radius 3 is 1.93 bits per heavy atom. The summed E-state index contributed by atoms with van der Waals surface area (Å²) < 4.78 is 22.4. The molecule has 0 heterocycles. The van der Waals surface area contributed by atoms with Gasteiger partial charge in [-0.3, -0.25) is 4.79 Å². The molecule has 0 saturated carbocycles. The number of hydrogen-bond donors (Lipinski definition) is 2. The van der Waals surface area contributed by atoms with E-state index in [1.54, 1.807) is 0 Å². The molecule has 0 aliphatic heterocycles. The summed E-state index contributed by atoms with van der Waals surface area (Å²) in [5.41, 5.74) is 0.959. The summed E-state index contributed by atoms with van der Waals surface area (Å²) in [7, 11) is -0.00968. The van der Waals surface area contributed by atoms with Crippen molar-refractivity contribution >= 4 is 14.6 Å². The van der Waals surface area contributed by atoms with Crippen LogP contribution in [0, 0.1) is 0 Å². The van der Waals surface area contributed by atoms with Crippen LogP contribution in [-0.4, -0.2) is 50.4 Å². The van der Waals surface area contributed by atoms with Crippen molar-refractivity contribution in [3.05, 3.63) is 29.8 Å². The Bertz CT molecular complexity index is 737. The first-order valence-electron chi connectivity index (χ1n) is 16.5. The summed E-state index contributed by atoms with van der Waals surface area (Å²) >= 11 is 0. The van der Waals surface area contributed by atoms with E-state index in [2.05, 4.69) is 12.2 Å². The van der Waals surface area contributed by atoms with Gasteiger partial charge in [-0.25, -0.2) is 0 Å². The van der Waals surface area contributed by atoms with Crippen LogP contribution in [-0.2, 0) is 25.0 Å². The predicted octanol–water partition coefficient (Wildman–Crippen LogP) is 7.64. The van der Waals surface area contributed by atoms with E-state index in [1.165, 1.54) is 103 Å². The van der Waals surface area contributed by atoms with Crippen molar-refractivity contribution in [1.29, 1.82) is 0 Å². The zero-order valence-corrected chi connectivity index (χ0v) is 27.4. The topological polar surface area (TPSA) is 90.8 Å². The third-order valence-electron chi connectivity index (χ3n) is 7.22. The van der Waals surface area contributed by atoms with Crippen molar-refractivity contribution < 1.29 is 33.5 Å². The summed E-state index contributed by atoms with van der Waals surface area (Å²) in [4.78, 5) is 21.7. The molecule has 1 rings (SSSR count). The van der Waals surface area contributed by atoms with E-state index >= 15 is 0 Å². The molecule has 0 spiro atoms. The maximum atomic E-state index is 11.7. The molecule has 8 heteroatoms. The average Bonchev–Trinajstić information content (AvgIpc) is 2.96. The Balaban J connectivity index is 2.19. The summed E-state index contributed by atoms with van der Waals surface area (Å²) in [6, 6.07) is 7.85. The molecule has 41 heavy (non-hydrogen) atoms. The van der Waals surface area contributed by atoms with Crippen LogP contribution >= 0.6 is 8.60 Å². The molecule has 3 N–H and O–H groups in total. The Hall–Kier alpha value is -1.24. The quantitative estimate of drug-likeness (QED) is 0.0560. The molecule has 7 nitrogen and oxygen atoms in total. The number of hydrogen-bond acceptors (Lipinski definition) is 6. The molecule has 1 aromatic carbocycles. The summed E-state index contributed by atoms with van der Waals surface area (Å²) in [6.45, 7) is 5.76. The van der Waals surface area contributed by atoms with Gasteiger partial charge in [-0.2, -0.15) is 0 Å². The first kappa shape index (κ1) is 37.8. The van der Waals surface area contributed by atoms with Crippen LogP contribution in [0.25, 0.3) is 0 Å². The highest BCUT2D eigenvalue weighted by molar-refractivity contribution is 7.40. The predicted molar refractivity (Wildman–Crippen MR) is 169 cm³/mol. The number of quaternary nitrogens is 1. The molecule has 0 aromatic heterocycles. The van der Waals surface area contributed by atoms with Crippen LogP contribution in [0.1, 0.15) is 129 Å². The number of ether oxygens (including phenoxy) is 2. The lowest BCUT2D eigenvalue weighted by atomic mass is 10.0. The molecular weight excluding hydrogens is 537 g/mol. The van der Waals surface area contributed by atoms with E-state index in [1.807, 2.05) is 31.3 Å². The molecule has 2 unspecified atom stereocenters. The van der Waals surface area contributed by atoms with E-state index in [-0.39, 0.29) is 12.6 Å². The summed E-state index contributed by atoms with van der Waals surface area (Å²) in [6.07, 6.45) is 22.3. The SMILES string of the molecule is CCCCCCCCCCCCCCCCCCOc1ccccc1CC(COP(O)OCCC[NH2+]C)OC(C)=O. The van der Waals surface area contributed by atoms with Crippen LogP contribution in [0.15, 0.2) is 24.3 Å². The van der Waals surface area contributed by atoms with Crippen LogP contribution in [0.3, 0.4) is 0 Å². The van der Waals surface area contributed by atoms with Crippen molar-refractivity contribution in [1.82, 2.24) is 0 Å². The van der Waals surface area contributed by atoms with Crippen molar-refractivity contribution in [2.45, 2.75) is 136 Å². The second-order valence-electron chi connectivity index (χ2n) is 11.1. The van der Waals surface area contributed by atoms with Crippen LogP contribution in [0.2, 0.25) is 0 Å². The molecule has 2 atom stereocenters. The molecule has 0 amide bonds. The van der Waals surface area contributed by atoms with Gasteiger partial charge in [0.2, 0.25) is 0 Å². The highest BCUT2D eigenvalue weighted by Crippen LogP contribution is 2.33.